The Morgan fingerprint density at radius 3 is 2.53 bits per heavy atom. The normalized spacial score (nSPS) is 40.4. The number of nitrogens with zero attached hydrogens (tertiary/aromatic N) is 2. The molecule has 3 heteroatoms. The van der Waals surface area contributed by atoms with E-state index >= 15 is 0 Å². The quantitative estimate of drug-likeness (QED) is 0.838. The van der Waals surface area contributed by atoms with Crippen LogP contribution in [0.2, 0.25) is 0 Å². The molecule has 0 aromatic rings. The van der Waals surface area contributed by atoms with Crippen LogP contribution >= 0.6 is 0 Å². The van der Waals surface area contributed by atoms with E-state index in [0.29, 0.717) is 6.04 Å². The van der Waals surface area contributed by atoms with Crippen molar-refractivity contribution in [2.45, 2.75) is 70.1 Å². The molecule has 4 unspecified atom stereocenters. The largest absolute Gasteiger partial charge is 0.314 e. The number of hydrogen-bond acceptors (Lipinski definition) is 3. The van der Waals surface area contributed by atoms with Gasteiger partial charge in [0.05, 0.1) is 0 Å². The standard InChI is InChI=1S/C16H31N3/c1-12(2)17-10-13-4-7-16(13)19-9-8-14-5-6-15(11-19)18(14)3/h12-17H,4-11H2,1-3H3. The zero-order valence-electron chi connectivity index (χ0n) is 12.9. The van der Waals surface area contributed by atoms with Gasteiger partial charge in [0.25, 0.3) is 0 Å². The topological polar surface area (TPSA) is 18.5 Å². The van der Waals surface area contributed by atoms with Crippen molar-refractivity contribution in [3.05, 3.63) is 0 Å². The summed E-state index contributed by atoms with van der Waals surface area (Å²) in [5.74, 6) is 0.907. The first-order chi connectivity index (χ1) is 9.15. The first-order valence-electron chi connectivity index (χ1n) is 8.34. The average Bonchev–Trinajstić information content (AvgIpc) is 2.55. The summed E-state index contributed by atoms with van der Waals surface area (Å²) in [6.45, 7) is 8.41. The monoisotopic (exact) mass is 265 g/mol. The van der Waals surface area contributed by atoms with Gasteiger partial charge < -0.3 is 5.32 Å². The van der Waals surface area contributed by atoms with Gasteiger partial charge >= 0.3 is 0 Å². The van der Waals surface area contributed by atoms with E-state index in [1.807, 2.05) is 0 Å². The Labute approximate surface area is 118 Å². The fraction of sp³-hybridized carbons (Fsp3) is 1.00. The number of likely N-dealkylation sites (N-methyl/N-ethyl adjacent to an activating group) is 1. The van der Waals surface area contributed by atoms with E-state index in [2.05, 4.69) is 36.0 Å². The third-order valence-corrected chi connectivity index (χ3v) is 5.81. The summed E-state index contributed by atoms with van der Waals surface area (Å²) >= 11 is 0. The first-order valence-corrected chi connectivity index (χ1v) is 8.34. The highest BCUT2D eigenvalue weighted by Crippen LogP contribution is 2.36. The molecule has 1 N–H and O–H groups in total. The number of fused-ring (bicyclic) bond motifs is 2. The van der Waals surface area contributed by atoms with E-state index in [0.717, 1.165) is 24.0 Å². The van der Waals surface area contributed by atoms with E-state index in [-0.39, 0.29) is 0 Å². The van der Waals surface area contributed by atoms with Crippen molar-refractivity contribution in [3.63, 3.8) is 0 Å². The molecule has 0 spiro atoms. The molecule has 2 aliphatic heterocycles. The second-order valence-electron chi connectivity index (χ2n) is 7.30. The lowest BCUT2D eigenvalue weighted by Gasteiger charge is -2.45. The summed E-state index contributed by atoms with van der Waals surface area (Å²) in [6, 6.07) is 3.22. The van der Waals surface area contributed by atoms with Crippen LogP contribution < -0.4 is 5.32 Å². The Kier molecular flexibility index (Phi) is 4.16. The smallest absolute Gasteiger partial charge is 0.0223 e. The third kappa shape index (κ3) is 2.84. The van der Waals surface area contributed by atoms with Crippen molar-refractivity contribution >= 4 is 0 Å². The molecule has 0 amide bonds. The molecule has 0 radical (unpaired) electrons. The van der Waals surface area contributed by atoms with Crippen LogP contribution in [0.5, 0.6) is 0 Å². The summed E-state index contributed by atoms with van der Waals surface area (Å²) in [5.41, 5.74) is 0. The summed E-state index contributed by atoms with van der Waals surface area (Å²) in [5, 5.41) is 3.64. The Hall–Kier alpha value is -0.120. The predicted molar refractivity (Wildman–Crippen MR) is 80.4 cm³/mol. The maximum atomic E-state index is 3.64. The lowest BCUT2D eigenvalue weighted by Crippen LogP contribution is -2.53. The minimum absolute atomic E-state index is 0.632. The third-order valence-electron chi connectivity index (χ3n) is 5.81. The fourth-order valence-corrected chi connectivity index (χ4v) is 4.29. The van der Waals surface area contributed by atoms with Gasteiger partial charge in [-0.3, -0.25) is 9.80 Å². The fourth-order valence-electron chi connectivity index (χ4n) is 4.29. The van der Waals surface area contributed by atoms with Crippen LogP contribution in [-0.4, -0.2) is 60.6 Å². The predicted octanol–water partition coefficient (Wildman–Crippen LogP) is 1.93. The van der Waals surface area contributed by atoms with Crippen molar-refractivity contribution in [2.24, 2.45) is 5.92 Å². The zero-order chi connectivity index (χ0) is 13.4. The molecule has 19 heavy (non-hydrogen) atoms. The molecule has 3 rings (SSSR count). The second-order valence-corrected chi connectivity index (χ2v) is 7.30. The molecule has 0 aromatic heterocycles. The van der Waals surface area contributed by atoms with Crippen molar-refractivity contribution in [1.82, 2.24) is 15.1 Å². The molecule has 2 saturated heterocycles. The Bertz CT molecular complexity index is 304. The van der Waals surface area contributed by atoms with Gasteiger partial charge in [-0.15, -0.1) is 0 Å². The lowest BCUT2D eigenvalue weighted by molar-refractivity contribution is 0.0536. The Morgan fingerprint density at radius 1 is 1.05 bits per heavy atom. The van der Waals surface area contributed by atoms with Crippen LogP contribution in [-0.2, 0) is 0 Å². The first kappa shape index (κ1) is 13.8. The van der Waals surface area contributed by atoms with Crippen LogP contribution in [0.25, 0.3) is 0 Å². The number of rotatable bonds is 4. The van der Waals surface area contributed by atoms with Crippen molar-refractivity contribution in [2.75, 3.05) is 26.7 Å². The molecule has 110 valence electrons. The van der Waals surface area contributed by atoms with Gasteiger partial charge in [0.15, 0.2) is 0 Å². The van der Waals surface area contributed by atoms with Gasteiger partial charge in [0.1, 0.15) is 0 Å². The van der Waals surface area contributed by atoms with Gasteiger partial charge in [-0.2, -0.15) is 0 Å². The number of likely N-dealkylation sites (tertiary alicyclic amines) is 1. The summed E-state index contributed by atoms with van der Waals surface area (Å²) in [6.07, 6.45) is 7.14. The number of hydrogen-bond donors (Lipinski definition) is 1. The summed E-state index contributed by atoms with van der Waals surface area (Å²) in [7, 11) is 2.35. The molecular weight excluding hydrogens is 234 g/mol. The summed E-state index contributed by atoms with van der Waals surface area (Å²) < 4.78 is 0. The van der Waals surface area contributed by atoms with Gasteiger partial charge in [-0.25, -0.2) is 0 Å². The molecule has 1 saturated carbocycles. The van der Waals surface area contributed by atoms with Crippen molar-refractivity contribution in [3.8, 4) is 0 Å². The van der Waals surface area contributed by atoms with Crippen LogP contribution in [0.3, 0.4) is 0 Å². The summed E-state index contributed by atoms with van der Waals surface area (Å²) in [4.78, 5) is 5.50. The average molecular weight is 265 g/mol. The van der Waals surface area contributed by atoms with Crippen LogP contribution in [0.15, 0.2) is 0 Å². The SMILES string of the molecule is CC(C)NCC1CCC1N1CCC2CCC(C1)N2C. The molecule has 2 heterocycles. The molecule has 2 bridgehead atoms. The van der Waals surface area contributed by atoms with E-state index in [9.17, 15) is 0 Å². The minimum Gasteiger partial charge on any atom is -0.314 e. The Balaban J connectivity index is 1.54. The zero-order valence-corrected chi connectivity index (χ0v) is 12.9. The van der Waals surface area contributed by atoms with E-state index in [1.54, 1.807) is 0 Å². The highest BCUT2D eigenvalue weighted by atomic mass is 15.3. The maximum Gasteiger partial charge on any atom is 0.0223 e. The van der Waals surface area contributed by atoms with Crippen LogP contribution in [0, 0.1) is 5.92 Å². The van der Waals surface area contributed by atoms with Crippen LogP contribution in [0.4, 0.5) is 0 Å². The number of nitrogens with one attached hydrogen (secondary N) is 1. The minimum atomic E-state index is 0.632. The molecule has 4 atom stereocenters. The van der Waals surface area contributed by atoms with Gasteiger partial charge in [0, 0.05) is 30.7 Å². The molecule has 0 aromatic carbocycles. The van der Waals surface area contributed by atoms with E-state index in [4.69, 9.17) is 0 Å². The van der Waals surface area contributed by atoms with Gasteiger partial charge in [-0.05, 0) is 58.2 Å². The van der Waals surface area contributed by atoms with Gasteiger partial charge in [0.2, 0.25) is 0 Å². The Morgan fingerprint density at radius 2 is 1.84 bits per heavy atom. The maximum absolute atomic E-state index is 3.64. The lowest BCUT2D eigenvalue weighted by atomic mass is 9.78. The highest BCUT2D eigenvalue weighted by molar-refractivity contribution is 4.97. The van der Waals surface area contributed by atoms with E-state index < -0.39 is 0 Å². The highest BCUT2D eigenvalue weighted by Gasteiger charge is 2.41. The molecular formula is C16H31N3. The van der Waals surface area contributed by atoms with E-state index in [1.165, 1.54) is 51.7 Å². The molecule has 3 fully saturated rings. The van der Waals surface area contributed by atoms with Crippen molar-refractivity contribution in [1.29, 1.82) is 0 Å². The molecule has 3 aliphatic rings. The van der Waals surface area contributed by atoms with Gasteiger partial charge in [-0.1, -0.05) is 13.8 Å². The molecule has 3 nitrogen and oxygen atoms in total. The van der Waals surface area contributed by atoms with Crippen LogP contribution in [0.1, 0.15) is 46.0 Å². The van der Waals surface area contributed by atoms with Crippen molar-refractivity contribution < 1.29 is 0 Å². The second kappa shape index (κ2) is 5.71. The molecule has 1 aliphatic carbocycles.